The van der Waals surface area contributed by atoms with Crippen molar-refractivity contribution in [3.8, 4) is 0 Å². The van der Waals surface area contributed by atoms with Gasteiger partial charge < -0.3 is 4.84 Å². The molecule has 0 spiro atoms. The molecule has 0 saturated carbocycles. The average Bonchev–Trinajstić information content (AvgIpc) is 2.40. The monoisotopic (exact) mass is 201 g/mol. The van der Waals surface area contributed by atoms with E-state index < -0.39 is 11.8 Å². The van der Waals surface area contributed by atoms with Gasteiger partial charge in [-0.3, -0.25) is 9.47 Å². The van der Waals surface area contributed by atoms with E-state index in [-0.39, 0.29) is 0 Å². The van der Waals surface area contributed by atoms with Crippen molar-refractivity contribution >= 4 is 5.71 Å². The van der Waals surface area contributed by atoms with Gasteiger partial charge in [0.25, 0.3) is 0 Å². The van der Waals surface area contributed by atoms with E-state index >= 15 is 0 Å². The van der Waals surface area contributed by atoms with Crippen LogP contribution >= 0.6 is 0 Å². The molecule has 14 heavy (non-hydrogen) atoms. The van der Waals surface area contributed by atoms with Gasteiger partial charge in [0.2, 0.25) is 0 Å². The zero-order valence-corrected chi connectivity index (χ0v) is 9.07. The Morgan fingerprint density at radius 3 is 2.29 bits per heavy atom. The van der Waals surface area contributed by atoms with Gasteiger partial charge in [0, 0.05) is 7.11 Å². The minimum Gasteiger partial charge on any atom is -0.308 e. The Morgan fingerprint density at radius 2 is 1.93 bits per heavy atom. The van der Waals surface area contributed by atoms with Crippen LogP contribution in [0.2, 0.25) is 0 Å². The molecule has 6 heteroatoms. The summed E-state index contributed by atoms with van der Waals surface area (Å²) >= 11 is 0. The number of ether oxygens (including phenoxy) is 2. The summed E-state index contributed by atoms with van der Waals surface area (Å²) in [6.45, 7) is 7.09. The fourth-order valence-electron chi connectivity index (χ4n) is 0.844. The molecular weight excluding hydrogens is 186 g/mol. The summed E-state index contributed by atoms with van der Waals surface area (Å²) in [7, 11) is 1.42. The van der Waals surface area contributed by atoms with E-state index in [1.165, 1.54) is 7.11 Å². The Kier molecular flexibility index (Phi) is 2.86. The molecule has 0 aromatic rings. The smallest absolute Gasteiger partial charge is 0.308 e. The van der Waals surface area contributed by atoms with Crippen LogP contribution in [-0.4, -0.2) is 24.6 Å². The van der Waals surface area contributed by atoms with Gasteiger partial charge in [-0.15, -0.1) is 5.11 Å². The maximum absolute atomic E-state index is 5.35. The average molecular weight is 201 g/mol. The predicted octanol–water partition coefficient (Wildman–Crippen LogP) is 1.88. The molecule has 0 aromatic heterocycles. The number of methoxy groups -OCH3 is 1. The van der Waals surface area contributed by atoms with Crippen molar-refractivity contribution in [1.82, 2.24) is 0 Å². The summed E-state index contributed by atoms with van der Waals surface area (Å²) < 4.78 is 10.3. The topological polar surface area (TPSA) is 64.8 Å². The normalized spacial score (nSPS) is 28.9. The first-order valence-electron chi connectivity index (χ1n) is 4.28. The Bertz CT molecular complexity index is 271. The minimum absolute atomic E-state index is 0.741. The van der Waals surface area contributed by atoms with E-state index in [1.54, 1.807) is 27.7 Å². The highest BCUT2D eigenvalue weighted by Crippen LogP contribution is 2.33. The summed E-state index contributed by atoms with van der Waals surface area (Å²) in [5.41, 5.74) is -0.00220. The third-order valence-corrected chi connectivity index (χ3v) is 1.39. The summed E-state index contributed by atoms with van der Waals surface area (Å²) in [6, 6.07) is 0. The zero-order valence-electron chi connectivity index (χ0n) is 9.07. The molecule has 0 amide bonds. The number of azo groups is 1. The second-order valence-electron chi connectivity index (χ2n) is 3.61. The van der Waals surface area contributed by atoms with Crippen LogP contribution in [0.15, 0.2) is 15.4 Å². The molecule has 80 valence electrons. The number of nitrogens with zero attached hydrogens (tertiary/aromatic N) is 3. The first-order chi connectivity index (χ1) is 6.39. The summed E-state index contributed by atoms with van der Waals surface area (Å²) in [5, 5.41) is 11.3. The Labute approximate surface area is 82.9 Å². The van der Waals surface area contributed by atoms with Crippen molar-refractivity contribution in [1.29, 1.82) is 0 Å². The lowest BCUT2D eigenvalue weighted by Gasteiger charge is -2.22. The fourth-order valence-corrected chi connectivity index (χ4v) is 0.844. The van der Waals surface area contributed by atoms with Gasteiger partial charge >= 0.3 is 6.10 Å². The standard InChI is InChI=1S/C8H15N3O3/c1-6(2)9-14-8(12-5)11-10-7(3,4)13-8/h1-5H3. The summed E-state index contributed by atoms with van der Waals surface area (Å²) in [4.78, 5) is 5.02. The van der Waals surface area contributed by atoms with E-state index in [4.69, 9.17) is 14.3 Å². The van der Waals surface area contributed by atoms with E-state index in [2.05, 4.69) is 15.4 Å². The molecule has 0 aromatic carbocycles. The maximum Gasteiger partial charge on any atom is 0.481 e. The fraction of sp³-hybridized carbons (Fsp3) is 0.875. The lowest BCUT2D eigenvalue weighted by molar-refractivity contribution is -0.377. The van der Waals surface area contributed by atoms with Crippen molar-refractivity contribution in [2.45, 2.75) is 39.5 Å². The third kappa shape index (κ3) is 2.49. The highest BCUT2D eigenvalue weighted by atomic mass is 16.9. The first kappa shape index (κ1) is 11.1. The van der Waals surface area contributed by atoms with Gasteiger partial charge in [0.05, 0.1) is 5.71 Å². The van der Waals surface area contributed by atoms with Gasteiger partial charge in [-0.05, 0) is 27.7 Å². The van der Waals surface area contributed by atoms with E-state index in [1.807, 2.05) is 0 Å². The molecule has 1 aliphatic rings. The Morgan fingerprint density at radius 1 is 1.29 bits per heavy atom. The molecule has 1 aliphatic heterocycles. The molecule has 0 bridgehead atoms. The highest BCUT2D eigenvalue weighted by molar-refractivity contribution is 5.78. The van der Waals surface area contributed by atoms with Crippen molar-refractivity contribution in [3.63, 3.8) is 0 Å². The predicted molar refractivity (Wildman–Crippen MR) is 49.6 cm³/mol. The van der Waals surface area contributed by atoms with Crippen LogP contribution in [0, 0.1) is 0 Å². The molecule has 6 nitrogen and oxygen atoms in total. The lowest BCUT2D eigenvalue weighted by Crippen LogP contribution is -2.36. The van der Waals surface area contributed by atoms with E-state index in [9.17, 15) is 0 Å². The van der Waals surface area contributed by atoms with Crippen LogP contribution in [0.1, 0.15) is 27.7 Å². The first-order valence-corrected chi connectivity index (χ1v) is 4.28. The summed E-state index contributed by atoms with van der Waals surface area (Å²) in [6.07, 6.45) is -1.53. The maximum atomic E-state index is 5.35. The number of oxime groups is 1. The largest absolute Gasteiger partial charge is 0.481 e. The van der Waals surface area contributed by atoms with Crippen LogP contribution in [0.5, 0.6) is 0 Å². The number of hydrogen-bond acceptors (Lipinski definition) is 6. The van der Waals surface area contributed by atoms with Gasteiger partial charge in [-0.25, -0.2) is 0 Å². The molecule has 0 fully saturated rings. The molecule has 0 saturated heterocycles. The molecule has 0 N–H and O–H groups in total. The van der Waals surface area contributed by atoms with Crippen LogP contribution in [-0.2, 0) is 14.3 Å². The lowest BCUT2D eigenvalue weighted by atomic mass is 10.3. The second kappa shape index (κ2) is 3.62. The SMILES string of the molecule is COC1(ON=C(C)C)N=NC(C)(C)O1. The van der Waals surface area contributed by atoms with Crippen LogP contribution in [0.25, 0.3) is 0 Å². The van der Waals surface area contributed by atoms with Gasteiger partial charge in [-0.2, -0.15) is 0 Å². The third-order valence-electron chi connectivity index (χ3n) is 1.39. The highest BCUT2D eigenvalue weighted by Gasteiger charge is 2.47. The molecule has 1 unspecified atom stereocenters. The van der Waals surface area contributed by atoms with Crippen LogP contribution in [0.4, 0.5) is 0 Å². The second-order valence-corrected chi connectivity index (χ2v) is 3.61. The summed E-state index contributed by atoms with van der Waals surface area (Å²) in [5.74, 6) is 0. The molecule has 1 rings (SSSR count). The number of rotatable bonds is 3. The molecular formula is C8H15N3O3. The van der Waals surface area contributed by atoms with Crippen molar-refractivity contribution in [2.75, 3.05) is 7.11 Å². The zero-order chi connectivity index (χ0) is 10.8. The minimum atomic E-state index is -1.53. The van der Waals surface area contributed by atoms with E-state index in [0.29, 0.717) is 0 Å². The van der Waals surface area contributed by atoms with Gasteiger partial charge in [-0.1, -0.05) is 10.3 Å². The van der Waals surface area contributed by atoms with Crippen molar-refractivity contribution in [3.05, 3.63) is 0 Å². The molecule has 0 radical (unpaired) electrons. The van der Waals surface area contributed by atoms with Gasteiger partial charge in [0.15, 0.2) is 5.72 Å². The van der Waals surface area contributed by atoms with E-state index in [0.717, 1.165) is 5.71 Å². The molecule has 1 heterocycles. The molecule has 1 atom stereocenters. The Balaban J connectivity index is 2.72. The quantitative estimate of drug-likeness (QED) is 0.398. The van der Waals surface area contributed by atoms with Crippen LogP contribution < -0.4 is 0 Å². The number of hydrogen-bond donors (Lipinski definition) is 0. The van der Waals surface area contributed by atoms with Crippen molar-refractivity contribution in [2.24, 2.45) is 15.4 Å². The van der Waals surface area contributed by atoms with Crippen LogP contribution in [0.3, 0.4) is 0 Å². The molecule has 0 aliphatic carbocycles. The van der Waals surface area contributed by atoms with Crippen molar-refractivity contribution < 1.29 is 14.3 Å². The Hall–Kier alpha value is -1.01. The van der Waals surface area contributed by atoms with Gasteiger partial charge in [0.1, 0.15) is 0 Å².